The molecule has 3 atom stereocenters. The molecule has 0 aromatic heterocycles. The second-order valence-corrected chi connectivity index (χ2v) is 2.93. The second kappa shape index (κ2) is 3.32. The number of hydrogen-bond acceptors (Lipinski definition) is 3. The van der Waals surface area contributed by atoms with E-state index in [-0.39, 0.29) is 12.5 Å². The quantitative estimate of drug-likeness (QED) is 0.467. The maximum absolute atomic E-state index is 9.23. The summed E-state index contributed by atoms with van der Waals surface area (Å²) in [6, 6.07) is 0. The molecule has 0 aliphatic heterocycles. The second-order valence-electron chi connectivity index (χ2n) is 2.93. The lowest BCUT2D eigenvalue weighted by molar-refractivity contribution is -0.0585. The molecule has 1 rings (SSSR count). The van der Waals surface area contributed by atoms with E-state index in [1.165, 1.54) is 0 Å². The van der Waals surface area contributed by atoms with Crippen molar-refractivity contribution in [3.63, 3.8) is 0 Å². The van der Waals surface area contributed by atoms with E-state index in [1.54, 1.807) is 0 Å². The Morgan fingerprint density at radius 2 is 1.90 bits per heavy atom. The molecule has 3 N–H and O–H groups in total. The van der Waals surface area contributed by atoms with Crippen molar-refractivity contribution in [3.8, 4) is 0 Å². The van der Waals surface area contributed by atoms with Gasteiger partial charge in [0, 0.05) is 12.5 Å². The summed E-state index contributed by atoms with van der Waals surface area (Å²) in [5.41, 5.74) is 0. The average molecular weight is 146 g/mol. The first kappa shape index (κ1) is 7.98. The van der Waals surface area contributed by atoms with Crippen LogP contribution in [0.25, 0.3) is 0 Å². The van der Waals surface area contributed by atoms with Gasteiger partial charge in [-0.25, -0.2) is 0 Å². The van der Waals surface area contributed by atoms with Gasteiger partial charge in [0.25, 0.3) is 0 Å². The molecule has 0 unspecified atom stereocenters. The highest BCUT2D eigenvalue weighted by atomic mass is 16.3. The lowest BCUT2D eigenvalue weighted by Crippen LogP contribution is -2.38. The zero-order valence-electron chi connectivity index (χ0n) is 5.90. The summed E-state index contributed by atoms with van der Waals surface area (Å²) in [5, 5.41) is 27.1. The lowest BCUT2D eigenvalue weighted by atomic mass is 9.85. The molecule has 3 nitrogen and oxygen atoms in total. The highest BCUT2D eigenvalue weighted by molar-refractivity contribution is 4.80. The molecule has 1 fully saturated rings. The topological polar surface area (TPSA) is 60.7 Å². The normalized spacial score (nSPS) is 41.7. The Hall–Kier alpha value is -0.120. The van der Waals surface area contributed by atoms with Gasteiger partial charge in [0.1, 0.15) is 0 Å². The van der Waals surface area contributed by atoms with Gasteiger partial charge < -0.3 is 15.3 Å². The fraction of sp³-hybridized carbons (Fsp3) is 1.00. The summed E-state index contributed by atoms with van der Waals surface area (Å²) >= 11 is 0. The van der Waals surface area contributed by atoms with Gasteiger partial charge in [-0.3, -0.25) is 0 Å². The van der Waals surface area contributed by atoms with Crippen molar-refractivity contribution in [2.24, 2.45) is 5.92 Å². The predicted molar refractivity (Wildman–Crippen MR) is 36.4 cm³/mol. The minimum atomic E-state index is -0.709. The molecular formula is C7H14O3. The minimum absolute atomic E-state index is 0.0156. The Labute approximate surface area is 60.3 Å². The third-order valence-corrected chi connectivity index (χ3v) is 2.19. The molecule has 10 heavy (non-hydrogen) atoms. The SMILES string of the molecule is OC[C@@H]1CCC[C@H](O)[C@@H]1O. The fourth-order valence-electron chi connectivity index (χ4n) is 1.44. The number of hydrogen-bond donors (Lipinski definition) is 3. The first-order valence-electron chi connectivity index (χ1n) is 3.72. The molecule has 1 aliphatic rings. The van der Waals surface area contributed by atoms with Crippen LogP contribution in [0.15, 0.2) is 0 Å². The molecule has 0 bridgehead atoms. The minimum Gasteiger partial charge on any atom is -0.396 e. The van der Waals surface area contributed by atoms with Crippen molar-refractivity contribution >= 4 is 0 Å². The van der Waals surface area contributed by atoms with Crippen LogP contribution in [0.4, 0.5) is 0 Å². The van der Waals surface area contributed by atoms with Crippen LogP contribution in [0.5, 0.6) is 0 Å². The summed E-state index contributed by atoms with van der Waals surface area (Å²) < 4.78 is 0. The summed E-state index contributed by atoms with van der Waals surface area (Å²) in [7, 11) is 0. The van der Waals surface area contributed by atoms with Gasteiger partial charge in [0.2, 0.25) is 0 Å². The summed E-state index contributed by atoms with van der Waals surface area (Å²) in [5.74, 6) is -0.108. The van der Waals surface area contributed by atoms with Gasteiger partial charge in [-0.05, 0) is 12.8 Å². The van der Waals surface area contributed by atoms with E-state index in [1.807, 2.05) is 0 Å². The van der Waals surface area contributed by atoms with Gasteiger partial charge in [0.15, 0.2) is 0 Å². The maximum Gasteiger partial charge on any atom is 0.0849 e. The van der Waals surface area contributed by atoms with Crippen molar-refractivity contribution in [2.45, 2.75) is 31.5 Å². The van der Waals surface area contributed by atoms with Crippen LogP contribution < -0.4 is 0 Å². The molecule has 1 saturated carbocycles. The predicted octanol–water partition coefficient (Wildman–Crippen LogP) is -0.499. The molecule has 0 heterocycles. The summed E-state index contributed by atoms with van der Waals surface area (Å²) in [6.07, 6.45) is 1.07. The van der Waals surface area contributed by atoms with Gasteiger partial charge in [-0.15, -0.1) is 0 Å². The van der Waals surface area contributed by atoms with E-state index < -0.39 is 12.2 Å². The van der Waals surface area contributed by atoms with Gasteiger partial charge in [-0.1, -0.05) is 6.42 Å². The first-order chi connectivity index (χ1) is 4.75. The lowest BCUT2D eigenvalue weighted by Gasteiger charge is -2.30. The van der Waals surface area contributed by atoms with Gasteiger partial charge >= 0.3 is 0 Å². The highest BCUT2D eigenvalue weighted by Crippen LogP contribution is 2.23. The van der Waals surface area contributed by atoms with Crippen molar-refractivity contribution in [1.82, 2.24) is 0 Å². The van der Waals surface area contributed by atoms with Crippen molar-refractivity contribution in [3.05, 3.63) is 0 Å². The van der Waals surface area contributed by atoms with Crippen LogP contribution in [0.3, 0.4) is 0 Å². The highest BCUT2D eigenvalue weighted by Gasteiger charge is 2.29. The molecule has 0 saturated heterocycles. The van der Waals surface area contributed by atoms with E-state index in [2.05, 4.69) is 0 Å². The smallest absolute Gasteiger partial charge is 0.0849 e. The average Bonchev–Trinajstić information content (AvgIpc) is 1.95. The monoisotopic (exact) mass is 146 g/mol. The van der Waals surface area contributed by atoms with Gasteiger partial charge in [-0.2, -0.15) is 0 Å². The van der Waals surface area contributed by atoms with E-state index in [0.717, 1.165) is 12.8 Å². The van der Waals surface area contributed by atoms with Crippen LogP contribution in [-0.4, -0.2) is 34.1 Å². The Balaban J connectivity index is 2.42. The van der Waals surface area contributed by atoms with Crippen LogP contribution in [-0.2, 0) is 0 Å². The molecule has 0 radical (unpaired) electrons. The molecule has 0 amide bonds. The molecule has 60 valence electrons. The molecular weight excluding hydrogens is 132 g/mol. The third-order valence-electron chi connectivity index (χ3n) is 2.19. The van der Waals surface area contributed by atoms with Crippen LogP contribution >= 0.6 is 0 Å². The largest absolute Gasteiger partial charge is 0.396 e. The number of aliphatic hydroxyl groups is 3. The Morgan fingerprint density at radius 3 is 2.40 bits per heavy atom. The first-order valence-corrected chi connectivity index (χ1v) is 3.72. The van der Waals surface area contributed by atoms with Crippen molar-refractivity contribution in [2.75, 3.05) is 6.61 Å². The number of aliphatic hydroxyl groups excluding tert-OH is 3. The standard InChI is InChI=1S/C7H14O3/c8-4-5-2-1-3-6(9)7(5)10/h5-10H,1-4H2/t5-,6-,7+/m0/s1. The Morgan fingerprint density at radius 1 is 1.20 bits per heavy atom. The van der Waals surface area contributed by atoms with E-state index in [0.29, 0.717) is 6.42 Å². The van der Waals surface area contributed by atoms with E-state index in [4.69, 9.17) is 10.2 Å². The summed E-state index contributed by atoms with van der Waals surface area (Å²) in [4.78, 5) is 0. The van der Waals surface area contributed by atoms with E-state index >= 15 is 0 Å². The van der Waals surface area contributed by atoms with Crippen LogP contribution in [0.1, 0.15) is 19.3 Å². The van der Waals surface area contributed by atoms with Crippen LogP contribution in [0.2, 0.25) is 0 Å². The Bertz CT molecular complexity index is 105. The van der Waals surface area contributed by atoms with Crippen molar-refractivity contribution in [1.29, 1.82) is 0 Å². The van der Waals surface area contributed by atoms with Crippen LogP contribution in [0, 0.1) is 5.92 Å². The van der Waals surface area contributed by atoms with Crippen molar-refractivity contribution < 1.29 is 15.3 Å². The van der Waals surface area contributed by atoms with Gasteiger partial charge in [0.05, 0.1) is 12.2 Å². The summed E-state index contributed by atoms with van der Waals surface area (Å²) in [6.45, 7) is -0.0156. The Kier molecular flexibility index (Phi) is 2.65. The third kappa shape index (κ3) is 1.48. The zero-order chi connectivity index (χ0) is 7.56. The zero-order valence-corrected chi connectivity index (χ0v) is 5.90. The molecule has 0 aromatic rings. The molecule has 0 aromatic carbocycles. The fourth-order valence-corrected chi connectivity index (χ4v) is 1.44. The number of rotatable bonds is 1. The molecule has 0 spiro atoms. The maximum atomic E-state index is 9.23. The molecule has 1 aliphatic carbocycles. The van der Waals surface area contributed by atoms with E-state index in [9.17, 15) is 5.11 Å². The molecule has 3 heteroatoms.